The Morgan fingerprint density at radius 3 is 2.30 bits per heavy atom. The van der Waals surface area contributed by atoms with Gasteiger partial charge >= 0.3 is 0 Å². The average molecular weight is 277 g/mol. The molecule has 1 aliphatic carbocycles. The third-order valence-electron chi connectivity index (χ3n) is 4.34. The summed E-state index contributed by atoms with van der Waals surface area (Å²) in [6, 6.07) is 0.652. The van der Waals surface area contributed by atoms with Gasteiger partial charge in [0.15, 0.2) is 0 Å². The lowest BCUT2D eigenvalue weighted by Gasteiger charge is -2.21. The summed E-state index contributed by atoms with van der Waals surface area (Å²) in [5, 5.41) is 8.60. The molecule has 0 aliphatic heterocycles. The first-order valence-corrected chi connectivity index (χ1v) is 8.30. The monoisotopic (exact) mass is 277 g/mol. The van der Waals surface area contributed by atoms with Crippen molar-refractivity contribution >= 4 is 0 Å². The fraction of sp³-hybridized carbons (Fsp3) is 0.824. The number of hydrogen-bond acceptors (Lipinski definition) is 2. The molecule has 1 saturated carbocycles. The Morgan fingerprint density at radius 1 is 1.15 bits per heavy atom. The van der Waals surface area contributed by atoms with Crippen molar-refractivity contribution in [2.45, 2.75) is 91.3 Å². The summed E-state index contributed by atoms with van der Waals surface area (Å²) in [6.07, 6.45) is 7.47. The van der Waals surface area contributed by atoms with E-state index < -0.39 is 0 Å². The molecule has 0 saturated heterocycles. The molecule has 114 valence electrons. The van der Waals surface area contributed by atoms with Gasteiger partial charge in [-0.15, -0.1) is 0 Å². The van der Waals surface area contributed by atoms with Gasteiger partial charge in [-0.2, -0.15) is 5.10 Å². The molecular weight excluding hydrogens is 246 g/mol. The quantitative estimate of drug-likeness (QED) is 0.881. The third-order valence-corrected chi connectivity index (χ3v) is 4.34. The van der Waals surface area contributed by atoms with Gasteiger partial charge in [-0.1, -0.05) is 26.7 Å². The van der Waals surface area contributed by atoms with E-state index in [2.05, 4.69) is 44.6 Å². The molecule has 0 radical (unpaired) electrons. The SMILES string of the molecule is CCc1nn(C2CCCC2)c(CC)c1CNC(C)(C)C. The van der Waals surface area contributed by atoms with Crippen molar-refractivity contribution in [3.8, 4) is 0 Å². The number of rotatable bonds is 5. The minimum absolute atomic E-state index is 0.158. The molecule has 1 aromatic heterocycles. The Morgan fingerprint density at radius 2 is 1.80 bits per heavy atom. The molecule has 0 spiro atoms. The Labute approximate surface area is 124 Å². The van der Waals surface area contributed by atoms with Gasteiger partial charge in [0.2, 0.25) is 0 Å². The number of nitrogens with one attached hydrogen (secondary N) is 1. The van der Waals surface area contributed by atoms with Gasteiger partial charge in [-0.05, 0) is 46.5 Å². The second-order valence-electron chi connectivity index (χ2n) is 7.07. The van der Waals surface area contributed by atoms with Gasteiger partial charge in [-0.3, -0.25) is 4.68 Å². The smallest absolute Gasteiger partial charge is 0.0669 e. The van der Waals surface area contributed by atoms with Crippen molar-refractivity contribution in [2.75, 3.05) is 0 Å². The van der Waals surface area contributed by atoms with E-state index >= 15 is 0 Å². The minimum atomic E-state index is 0.158. The fourth-order valence-corrected chi connectivity index (χ4v) is 3.22. The van der Waals surface area contributed by atoms with Crippen molar-refractivity contribution in [2.24, 2.45) is 0 Å². The maximum atomic E-state index is 4.96. The first kappa shape index (κ1) is 15.6. The van der Waals surface area contributed by atoms with Crippen LogP contribution in [-0.4, -0.2) is 15.3 Å². The van der Waals surface area contributed by atoms with E-state index in [1.807, 2.05) is 0 Å². The molecule has 0 aromatic carbocycles. The zero-order valence-electron chi connectivity index (χ0n) is 13.9. The first-order chi connectivity index (χ1) is 9.46. The Kier molecular flexibility index (Phi) is 4.90. The Bertz CT molecular complexity index is 434. The van der Waals surface area contributed by atoms with E-state index in [1.54, 1.807) is 0 Å². The average Bonchev–Trinajstić information content (AvgIpc) is 3.01. The summed E-state index contributed by atoms with van der Waals surface area (Å²) in [5.74, 6) is 0. The van der Waals surface area contributed by atoms with Crippen LogP contribution in [0.5, 0.6) is 0 Å². The van der Waals surface area contributed by atoms with Crippen molar-refractivity contribution in [3.05, 3.63) is 17.0 Å². The Balaban J connectivity index is 2.28. The molecule has 0 bridgehead atoms. The molecule has 0 unspecified atom stereocenters. The van der Waals surface area contributed by atoms with Crippen LogP contribution in [0.4, 0.5) is 0 Å². The van der Waals surface area contributed by atoms with E-state index in [9.17, 15) is 0 Å². The molecule has 1 fully saturated rings. The molecule has 3 nitrogen and oxygen atoms in total. The lowest BCUT2D eigenvalue weighted by atomic mass is 10.1. The highest BCUT2D eigenvalue weighted by molar-refractivity contribution is 5.27. The zero-order valence-corrected chi connectivity index (χ0v) is 13.9. The van der Waals surface area contributed by atoms with Gasteiger partial charge in [-0.25, -0.2) is 0 Å². The van der Waals surface area contributed by atoms with Crippen LogP contribution >= 0.6 is 0 Å². The summed E-state index contributed by atoms with van der Waals surface area (Å²) in [6.45, 7) is 12.1. The molecular formula is C17H31N3. The van der Waals surface area contributed by atoms with Crippen LogP contribution in [0, 0.1) is 0 Å². The molecule has 1 heterocycles. The largest absolute Gasteiger partial charge is 0.308 e. The van der Waals surface area contributed by atoms with Crippen LogP contribution in [0.2, 0.25) is 0 Å². The van der Waals surface area contributed by atoms with E-state index in [1.165, 1.54) is 42.6 Å². The molecule has 3 heteroatoms. The van der Waals surface area contributed by atoms with Crippen LogP contribution in [0.3, 0.4) is 0 Å². The van der Waals surface area contributed by atoms with Crippen LogP contribution in [0.25, 0.3) is 0 Å². The molecule has 1 aliphatic rings. The van der Waals surface area contributed by atoms with Gasteiger partial charge in [0, 0.05) is 23.3 Å². The number of aromatic nitrogens is 2. The third kappa shape index (κ3) is 3.43. The zero-order chi connectivity index (χ0) is 14.8. The van der Waals surface area contributed by atoms with Gasteiger partial charge in [0.25, 0.3) is 0 Å². The summed E-state index contributed by atoms with van der Waals surface area (Å²) >= 11 is 0. The predicted octanol–water partition coefficient (Wildman–Crippen LogP) is 4.01. The van der Waals surface area contributed by atoms with E-state index in [4.69, 9.17) is 5.10 Å². The van der Waals surface area contributed by atoms with E-state index in [-0.39, 0.29) is 5.54 Å². The van der Waals surface area contributed by atoms with Crippen LogP contribution in [0.15, 0.2) is 0 Å². The minimum Gasteiger partial charge on any atom is -0.308 e. The normalized spacial score (nSPS) is 17.1. The maximum Gasteiger partial charge on any atom is 0.0669 e. The molecule has 1 aromatic rings. The predicted molar refractivity (Wildman–Crippen MR) is 85.1 cm³/mol. The summed E-state index contributed by atoms with van der Waals surface area (Å²) in [7, 11) is 0. The van der Waals surface area contributed by atoms with Crippen molar-refractivity contribution in [1.82, 2.24) is 15.1 Å². The molecule has 0 amide bonds. The highest BCUT2D eigenvalue weighted by Crippen LogP contribution is 2.32. The van der Waals surface area contributed by atoms with Crippen molar-refractivity contribution in [1.29, 1.82) is 0 Å². The number of aryl methyl sites for hydroxylation is 1. The highest BCUT2D eigenvalue weighted by atomic mass is 15.3. The van der Waals surface area contributed by atoms with E-state index in [0.717, 1.165) is 19.4 Å². The van der Waals surface area contributed by atoms with Crippen molar-refractivity contribution < 1.29 is 0 Å². The summed E-state index contributed by atoms with van der Waals surface area (Å²) in [5.41, 5.74) is 4.37. The lowest BCUT2D eigenvalue weighted by molar-refractivity contribution is 0.420. The topological polar surface area (TPSA) is 29.9 Å². The molecule has 1 N–H and O–H groups in total. The number of nitrogens with zero attached hydrogens (tertiary/aromatic N) is 2. The fourth-order valence-electron chi connectivity index (χ4n) is 3.22. The van der Waals surface area contributed by atoms with E-state index in [0.29, 0.717) is 6.04 Å². The second-order valence-corrected chi connectivity index (χ2v) is 7.07. The summed E-state index contributed by atoms with van der Waals surface area (Å²) in [4.78, 5) is 0. The molecule has 0 atom stereocenters. The molecule has 20 heavy (non-hydrogen) atoms. The standard InChI is InChI=1S/C17H31N3/c1-6-15-14(12-18-17(3,4)5)16(7-2)20(19-15)13-10-8-9-11-13/h13,18H,6-12H2,1-5H3. The lowest BCUT2D eigenvalue weighted by Crippen LogP contribution is -2.35. The van der Waals surface area contributed by atoms with Crippen LogP contribution < -0.4 is 5.32 Å². The van der Waals surface area contributed by atoms with Gasteiger partial charge in [0.1, 0.15) is 0 Å². The van der Waals surface area contributed by atoms with Crippen LogP contribution in [-0.2, 0) is 19.4 Å². The Hall–Kier alpha value is -0.830. The maximum absolute atomic E-state index is 4.96. The van der Waals surface area contributed by atoms with Crippen LogP contribution in [0.1, 0.15) is 83.3 Å². The highest BCUT2D eigenvalue weighted by Gasteiger charge is 2.24. The van der Waals surface area contributed by atoms with Gasteiger partial charge < -0.3 is 5.32 Å². The number of hydrogen-bond donors (Lipinski definition) is 1. The summed E-state index contributed by atoms with van der Waals surface area (Å²) < 4.78 is 2.37. The second kappa shape index (κ2) is 6.30. The van der Waals surface area contributed by atoms with Crippen molar-refractivity contribution in [3.63, 3.8) is 0 Å². The van der Waals surface area contributed by atoms with Gasteiger partial charge in [0.05, 0.1) is 11.7 Å². The first-order valence-electron chi connectivity index (χ1n) is 8.30. The molecule has 2 rings (SSSR count).